The number of aromatic nitrogens is 2. The number of para-hydroxylation sites is 2. The molecule has 1 amide bonds. The Balaban J connectivity index is 1.15. The van der Waals surface area contributed by atoms with Gasteiger partial charge in [-0.05, 0) is 23.3 Å². The summed E-state index contributed by atoms with van der Waals surface area (Å²) in [4.78, 5) is 37.3. The number of Topliss-reactive ketones (excluding diaryl/α,β-unsaturated/α-hetero) is 1. The average Bonchev–Trinajstić information content (AvgIpc) is 3.32. The number of hydrogen-bond acceptors (Lipinski definition) is 5. The number of benzene rings is 3. The van der Waals surface area contributed by atoms with Crippen molar-refractivity contribution in [2.75, 3.05) is 31.9 Å². The third-order valence-electron chi connectivity index (χ3n) is 6.35. The molecule has 7 heteroatoms. The van der Waals surface area contributed by atoms with Gasteiger partial charge in [0.15, 0.2) is 10.9 Å². The Labute approximate surface area is 209 Å². The molecule has 1 N–H and O–H groups in total. The maximum atomic E-state index is 12.8. The second-order valence-electron chi connectivity index (χ2n) is 8.70. The van der Waals surface area contributed by atoms with Crippen molar-refractivity contribution in [1.82, 2.24) is 19.8 Å². The molecule has 0 unspecified atom stereocenters. The SMILES string of the molecule is O=C(CSc1nc2ccccc2[nH]1)CC(=O)N1CCN(C(c2ccccc2)c2ccccc2)CC1. The zero-order valence-corrected chi connectivity index (χ0v) is 20.3. The number of carbonyl (C=O) groups excluding carboxylic acids is 2. The summed E-state index contributed by atoms with van der Waals surface area (Å²) in [5.41, 5.74) is 4.31. The molecule has 1 saturated heterocycles. The highest BCUT2D eigenvalue weighted by Gasteiger charge is 2.28. The molecule has 2 heterocycles. The topological polar surface area (TPSA) is 69.3 Å². The highest BCUT2D eigenvalue weighted by atomic mass is 32.2. The van der Waals surface area contributed by atoms with E-state index >= 15 is 0 Å². The van der Waals surface area contributed by atoms with E-state index in [-0.39, 0.29) is 29.9 Å². The number of ketones is 1. The molecule has 6 nitrogen and oxygen atoms in total. The first-order valence-corrected chi connectivity index (χ1v) is 12.9. The molecule has 4 aromatic rings. The predicted octanol–water partition coefficient (Wildman–Crippen LogP) is 4.55. The fourth-order valence-electron chi connectivity index (χ4n) is 4.59. The number of hydrogen-bond donors (Lipinski definition) is 1. The van der Waals surface area contributed by atoms with Gasteiger partial charge in [-0.25, -0.2) is 4.98 Å². The van der Waals surface area contributed by atoms with Crippen LogP contribution in [0.3, 0.4) is 0 Å². The Hall–Kier alpha value is -3.42. The first-order chi connectivity index (χ1) is 17.2. The maximum absolute atomic E-state index is 12.8. The van der Waals surface area contributed by atoms with Gasteiger partial charge in [0.2, 0.25) is 5.91 Å². The van der Waals surface area contributed by atoms with Crippen molar-refractivity contribution >= 4 is 34.5 Å². The molecule has 0 atom stereocenters. The van der Waals surface area contributed by atoms with E-state index in [1.807, 2.05) is 41.3 Å². The van der Waals surface area contributed by atoms with Crippen molar-refractivity contribution < 1.29 is 9.59 Å². The number of H-pyrrole nitrogens is 1. The van der Waals surface area contributed by atoms with Gasteiger partial charge in [-0.1, -0.05) is 84.6 Å². The third kappa shape index (κ3) is 5.63. The van der Waals surface area contributed by atoms with Gasteiger partial charge in [-0.2, -0.15) is 0 Å². The maximum Gasteiger partial charge on any atom is 0.230 e. The summed E-state index contributed by atoms with van der Waals surface area (Å²) in [5.74, 6) is 0.0699. The lowest BCUT2D eigenvalue weighted by atomic mass is 9.96. The van der Waals surface area contributed by atoms with Crippen molar-refractivity contribution in [1.29, 1.82) is 0 Å². The monoisotopic (exact) mass is 484 g/mol. The summed E-state index contributed by atoms with van der Waals surface area (Å²) >= 11 is 1.35. The normalized spacial score (nSPS) is 14.5. The first kappa shape index (κ1) is 23.3. The summed E-state index contributed by atoms with van der Waals surface area (Å²) < 4.78 is 0. The van der Waals surface area contributed by atoms with E-state index in [4.69, 9.17) is 0 Å². The number of carbonyl (C=O) groups is 2. The second-order valence-corrected chi connectivity index (χ2v) is 9.67. The molecule has 0 radical (unpaired) electrons. The number of rotatable bonds is 8. The van der Waals surface area contributed by atoms with Gasteiger partial charge < -0.3 is 9.88 Å². The second kappa shape index (κ2) is 10.9. The van der Waals surface area contributed by atoms with Gasteiger partial charge in [-0.15, -0.1) is 0 Å². The molecular weight excluding hydrogens is 456 g/mol. The van der Waals surface area contributed by atoms with Crippen LogP contribution in [0.25, 0.3) is 11.0 Å². The molecule has 0 spiro atoms. The van der Waals surface area contributed by atoms with Crippen LogP contribution in [0.1, 0.15) is 23.6 Å². The molecule has 178 valence electrons. The molecule has 1 aliphatic heterocycles. The number of fused-ring (bicyclic) bond motifs is 1. The van der Waals surface area contributed by atoms with Gasteiger partial charge in [0, 0.05) is 26.2 Å². The molecular formula is C28H28N4O2S. The number of imidazole rings is 1. The molecule has 3 aromatic carbocycles. The largest absolute Gasteiger partial charge is 0.340 e. The van der Waals surface area contributed by atoms with Crippen LogP contribution < -0.4 is 0 Å². The molecule has 1 fully saturated rings. The Bertz CT molecular complexity index is 1210. The highest BCUT2D eigenvalue weighted by Crippen LogP contribution is 2.29. The minimum atomic E-state index is -0.0872. The van der Waals surface area contributed by atoms with E-state index in [9.17, 15) is 9.59 Å². The smallest absolute Gasteiger partial charge is 0.230 e. The zero-order valence-electron chi connectivity index (χ0n) is 19.5. The number of piperazine rings is 1. The standard InChI is InChI=1S/C28H28N4O2S/c33-23(20-35-28-29-24-13-7-8-14-25(24)30-28)19-26(34)31-15-17-32(18-16-31)27(21-9-3-1-4-10-21)22-11-5-2-6-12-22/h1-14,27H,15-20H2,(H,29,30). The lowest BCUT2D eigenvalue weighted by molar-refractivity contribution is -0.136. The molecule has 35 heavy (non-hydrogen) atoms. The van der Waals surface area contributed by atoms with Crippen LogP contribution in [0, 0.1) is 0 Å². The van der Waals surface area contributed by atoms with Crippen LogP contribution >= 0.6 is 11.8 Å². The van der Waals surface area contributed by atoms with Crippen molar-refractivity contribution in [2.24, 2.45) is 0 Å². The summed E-state index contributed by atoms with van der Waals surface area (Å²) in [6.45, 7) is 2.78. The summed E-state index contributed by atoms with van der Waals surface area (Å²) in [7, 11) is 0. The molecule has 1 aromatic heterocycles. The third-order valence-corrected chi connectivity index (χ3v) is 7.28. The number of nitrogens with one attached hydrogen (secondary N) is 1. The van der Waals surface area contributed by atoms with E-state index in [0.717, 1.165) is 24.1 Å². The Morgan fingerprint density at radius 1 is 0.829 bits per heavy atom. The quantitative estimate of drug-likeness (QED) is 0.294. The van der Waals surface area contributed by atoms with Crippen LogP contribution in [0.15, 0.2) is 90.1 Å². The Kier molecular flexibility index (Phi) is 7.25. The van der Waals surface area contributed by atoms with Crippen LogP contribution in [-0.4, -0.2) is 63.4 Å². The zero-order chi connectivity index (χ0) is 24.0. The minimum Gasteiger partial charge on any atom is -0.340 e. The molecule has 5 rings (SSSR count). The Morgan fingerprint density at radius 2 is 1.43 bits per heavy atom. The molecule has 0 aliphatic carbocycles. The first-order valence-electron chi connectivity index (χ1n) is 11.9. The minimum absolute atomic E-state index is 0.0615. The predicted molar refractivity (Wildman–Crippen MR) is 139 cm³/mol. The molecule has 1 aliphatic rings. The Morgan fingerprint density at radius 3 is 2.06 bits per heavy atom. The van der Waals surface area contributed by atoms with Crippen LogP contribution in [0.2, 0.25) is 0 Å². The number of thioether (sulfide) groups is 1. The van der Waals surface area contributed by atoms with Crippen LogP contribution in [-0.2, 0) is 9.59 Å². The van der Waals surface area contributed by atoms with Gasteiger partial charge >= 0.3 is 0 Å². The number of nitrogens with zero attached hydrogens (tertiary/aromatic N) is 3. The van der Waals surface area contributed by atoms with Gasteiger partial charge in [-0.3, -0.25) is 14.5 Å². The fourth-order valence-corrected chi connectivity index (χ4v) is 5.34. The van der Waals surface area contributed by atoms with Crippen LogP contribution in [0.5, 0.6) is 0 Å². The molecule has 0 saturated carbocycles. The van der Waals surface area contributed by atoms with E-state index in [1.54, 1.807) is 0 Å². The van der Waals surface area contributed by atoms with Crippen molar-refractivity contribution in [2.45, 2.75) is 17.6 Å². The number of aromatic amines is 1. The summed E-state index contributed by atoms with van der Waals surface area (Å²) in [5, 5.41) is 0.702. The highest BCUT2D eigenvalue weighted by molar-refractivity contribution is 7.99. The van der Waals surface area contributed by atoms with Crippen molar-refractivity contribution in [3.05, 3.63) is 96.1 Å². The van der Waals surface area contributed by atoms with Crippen molar-refractivity contribution in [3.63, 3.8) is 0 Å². The fraction of sp³-hybridized carbons (Fsp3) is 0.250. The van der Waals surface area contributed by atoms with Gasteiger partial charge in [0.25, 0.3) is 0 Å². The average molecular weight is 485 g/mol. The van der Waals surface area contributed by atoms with E-state index in [2.05, 4.69) is 63.4 Å². The number of amides is 1. The van der Waals surface area contributed by atoms with Gasteiger partial charge in [0.1, 0.15) is 0 Å². The van der Waals surface area contributed by atoms with E-state index in [1.165, 1.54) is 22.9 Å². The summed E-state index contributed by atoms with van der Waals surface area (Å²) in [6, 6.07) is 28.9. The lowest BCUT2D eigenvalue weighted by Crippen LogP contribution is -2.50. The summed E-state index contributed by atoms with van der Waals surface area (Å²) in [6.07, 6.45) is -0.0615. The lowest BCUT2D eigenvalue weighted by Gasteiger charge is -2.39. The van der Waals surface area contributed by atoms with Crippen molar-refractivity contribution in [3.8, 4) is 0 Å². The van der Waals surface area contributed by atoms with E-state index in [0.29, 0.717) is 18.2 Å². The van der Waals surface area contributed by atoms with Gasteiger partial charge in [0.05, 0.1) is 29.2 Å². The van der Waals surface area contributed by atoms with Crippen LogP contribution in [0.4, 0.5) is 0 Å². The molecule has 0 bridgehead atoms. The van der Waals surface area contributed by atoms with E-state index < -0.39 is 0 Å².